The Balaban J connectivity index is 2.13. The Labute approximate surface area is 114 Å². The lowest BCUT2D eigenvalue weighted by Gasteiger charge is -2.38. The van der Waals surface area contributed by atoms with E-state index in [1.165, 1.54) is 7.11 Å². The highest BCUT2D eigenvalue weighted by molar-refractivity contribution is 5.90. The fourth-order valence-corrected chi connectivity index (χ4v) is 2.46. The van der Waals surface area contributed by atoms with Crippen molar-refractivity contribution in [2.75, 3.05) is 26.8 Å². The molecule has 0 radical (unpaired) electrons. The Morgan fingerprint density at radius 2 is 2.16 bits per heavy atom. The average molecular weight is 263 g/mol. The minimum Gasteiger partial charge on any atom is -0.465 e. The molecule has 0 N–H and O–H groups in total. The molecule has 0 bridgehead atoms. The number of carbonyl (C=O) groups excluding carboxylic acids is 1. The third-order valence-electron chi connectivity index (χ3n) is 3.32. The second-order valence-electron chi connectivity index (χ2n) is 5.47. The molecular weight excluding hydrogens is 242 g/mol. The molecule has 2 rings (SSSR count). The summed E-state index contributed by atoms with van der Waals surface area (Å²) in [7, 11) is 1.41. The zero-order chi connectivity index (χ0) is 13.9. The van der Waals surface area contributed by atoms with Crippen molar-refractivity contribution in [3.8, 4) is 0 Å². The van der Waals surface area contributed by atoms with Crippen LogP contribution in [0.25, 0.3) is 0 Å². The van der Waals surface area contributed by atoms with Crippen LogP contribution in [-0.4, -0.2) is 43.3 Å². The summed E-state index contributed by atoms with van der Waals surface area (Å²) in [6.45, 7) is 7.41. The Bertz CT molecular complexity index is 456. The van der Waals surface area contributed by atoms with Crippen LogP contribution in [-0.2, 0) is 16.0 Å². The summed E-state index contributed by atoms with van der Waals surface area (Å²) in [5.74, 6) is -0.275. The second kappa shape index (κ2) is 5.72. The van der Waals surface area contributed by atoms with Crippen molar-refractivity contribution >= 4 is 5.97 Å². The summed E-state index contributed by atoms with van der Waals surface area (Å²) in [6.07, 6.45) is 0. The van der Waals surface area contributed by atoms with Crippen LogP contribution in [0.4, 0.5) is 0 Å². The van der Waals surface area contributed by atoms with Crippen molar-refractivity contribution in [3.05, 3.63) is 35.4 Å². The Hall–Kier alpha value is -1.39. The van der Waals surface area contributed by atoms with E-state index in [9.17, 15) is 4.79 Å². The van der Waals surface area contributed by atoms with Gasteiger partial charge in [0.05, 0.1) is 24.9 Å². The number of carbonyl (C=O) groups is 1. The number of benzene rings is 1. The van der Waals surface area contributed by atoms with E-state index in [-0.39, 0.29) is 11.6 Å². The number of hydrogen-bond acceptors (Lipinski definition) is 4. The average Bonchev–Trinajstić information content (AvgIpc) is 2.37. The molecule has 1 saturated heterocycles. The van der Waals surface area contributed by atoms with Crippen LogP contribution >= 0.6 is 0 Å². The van der Waals surface area contributed by atoms with Gasteiger partial charge in [-0.3, -0.25) is 4.90 Å². The van der Waals surface area contributed by atoms with Gasteiger partial charge in [0.15, 0.2) is 0 Å². The fraction of sp³-hybridized carbons (Fsp3) is 0.533. The number of hydrogen-bond donors (Lipinski definition) is 0. The summed E-state index contributed by atoms with van der Waals surface area (Å²) in [4.78, 5) is 14.0. The van der Waals surface area contributed by atoms with Gasteiger partial charge in [0, 0.05) is 19.6 Å². The largest absolute Gasteiger partial charge is 0.465 e. The van der Waals surface area contributed by atoms with Crippen LogP contribution in [0.3, 0.4) is 0 Å². The van der Waals surface area contributed by atoms with Crippen LogP contribution in [0.5, 0.6) is 0 Å². The minimum atomic E-state index is -0.275. The predicted molar refractivity (Wildman–Crippen MR) is 73.1 cm³/mol. The van der Waals surface area contributed by atoms with Gasteiger partial charge in [0.2, 0.25) is 0 Å². The molecule has 0 amide bonds. The molecule has 1 aliphatic heterocycles. The van der Waals surface area contributed by atoms with Gasteiger partial charge in [-0.15, -0.1) is 0 Å². The molecule has 1 aromatic carbocycles. The topological polar surface area (TPSA) is 38.8 Å². The molecule has 1 fully saturated rings. The highest BCUT2D eigenvalue weighted by Crippen LogP contribution is 2.20. The maximum Gasteiger partial charge on any atom is 0.338 e. The first kappa shape index (κ1) is 14.0. The highest BCUT2D eigenvalue weighted by atomic mass is 16.5. The van der Waals surface area contributed by atoms with Crippen LogP contribution in [0, 0.1) is 0 Å². The van der Waals surface area contributed by atoms with E-state index in [1.54, 1.807) is 0 Å². The third kappa shape index (κ3) is 3.55. The molecule has 1 heterocycles. The van der Waals surface area contributed by atoms with Crippen molar-refractivity contribution in [2.24, 2.45) is 0 Å². The SMILES string of the molecule is COC(=O)c1ccccc1CN1CCOC(C)(C)C1. The summed E-state index contributed by atoms with van der Waals surface area (Å²) >= 11 is 0. The van der Waals surface area contributed by atoms with Gasteiger partial charge in [-0.1, -0.05) is 18.2 Å². The van der Waals surface area contributed by atoms with E-state index >= 15 is 0 Å². The molecular formula is C15H21NO3. The summed E-state index contributed by atoms with van der Waals surface area (Å²) < 4.78 is 10.5. The van der Waals surface area contributed by atoms with E-state index in [1.807, 2.05) is 24.3 Å². The van der Waals surface area contributed by atoms with Gasteiger partial charge in [-0.25, -0.2) is 4.79 Å². The lowest BCUT2D eigenvalue weighted by Crippen LogP contribution is -2.47. The normalized spacial score (nSPS) is 19.1. The molecule has 4 nitrogen and oxygen atoms in total. The molecule has 0 saturated carbocycles. The number of esters is 1. The smallest absolute Gasteiger partial charge is 0.338 e. The first-order valence-electron chi connectivity index (χ1n) is 6.54. The number of ether oxygens (including phenoxy) is 2. The lowest BCUT2D eigenvalue weighted by atomic mass is 10.0. The molecule has 0 unspecified atom stereocenters. The van der Waals surface area contributed by atoms with Crippen LogP contribution in [0.15, 0.2) is 24.3 Å². The molecule has 0 aliphatic carbocycles. The number of morpholine rings is 1. The van der Waals surface area contributed by atoms with Crippen LogP contribution in [0.2, 0.25) is 0 Å². The van der Waals surface area contributed by atoms with Crippen LogP contribution < -0.4 is 0 Å². The van der Waals surface area contributed by atoms with Crippen LogP contribution in [0.1, 0.15) is 29.8 Å². The van der Waals surface area contributed by atoms with Crippen molar-refractivity contribution < 1.29 is 14.3 Å². The summed E-state index contributed by atoms with van der Waals surface area (Å²) in [5, 5.41) is 0. The van der Waals surface area contributed by atoms with Gasteiger partial charge < -0.3 is 9.47 Å². The standard InChI is InChI=1S/C15H21NO3/c1-15(2)11-16(8-9-19-15)10-12-6-4-5-7-13(12)14(17)18-3/h4-7H,8-11H2,1-3H3. The van der Waals surface area contributed by atoms with E-state index in [0.717, 1.165) is 31.8 Å². The van der Waals surface area contributed by atoms with Gasteiger partial charge in [-0.05, 0) is 25.5 Å². The maximum absolute atomic E-state index is 11.7. The minimum absolute atomic E-state index is 0.127. The van der Waals surface area contributed by atoms with Gasteiger partial charge in [0.25, 0.3) is 0 Å². The molecule has 1 aliphatic rings. The second-order valence-corrected chi connectivity index (χ2v) is 5.47. The molecule has 0 aromatic heterocycles. The zero-order valence-electron chi connectivity index (χ0n) is 11.8. The maximum atomic E-state index is 11.7. The fourth-order valence-electron chi connectivity index (χ4n) is 2.46. The summed E-state index contributed by atoms with van der Waals surface area (Å²) in [6, 6.07) is 7.61. The van der Waals surface area contributed by atoms with Gasteiger partial charge in [-0.2, -0.15) is 0 Å². The van der Waals surface area contributed by atoms with Crippen molar-refractivity contribution in [3.63, 3.8) is 0 Å². The highest BCUT2D eigenvalue weighted by Gasteiger charge is 2.27. The van der Waals surface area contributed by atoms with E-state index in [0.29, 0.717) is 5.56 Å². The quantitative estimate of drug-likeness (QED) is 0.783. The number of nitrogens with zero attached hydrogens (tertiary/aromatic N) is 1. The van der Waals surface area contributed by atoms with Crippen molar-refractivity contribution in [1.29, 1.82) is 0 Å². The number of rotatable bonds is 3. The molecule has 0 atom stereocenters. The predicted octanol–water partition coefficient (Wildman–Crippen LogP) is 2.08. The van der Waals surface area contributed by atoms with E-state index in [2.05, 4.69) is 18.7 Å². The van der Waals surface area contributed by atoms with Gasteiger partial charge >= 0.3 is 5.97 Å². The molecule has 4 heteroatoms. The molecule has 1 aromatic rings. The lowest BCUT2D eigenvalue weighted by molar-refractivity contribution is -0.0883. The Morgan fingerprint density at radius 1 is 1.42 bits per heavy atom. The monoisotopic (exact) mass is 263 g/mol. The Morgan fingerprint density at radius 3 is 2.84 bits per heavy atom. The Kier molecular flexibility index (Phi) is 4.22. The zero-order valence-corrected chi connectivity index (χ0v) is 11.8. The summed E-state index contributed by atoms with van der Waals surface area (Å²) in [5.41, 5.74) is 1.53. The molecule has 0 spiro atoms. The first-order valence-corrected chi connectivity index (χ1v) is 6.54. The third-order valence-corrected chi connectivity index (χ3v) is 3.32. The number of methoxy groups -OCH3 is 1. The van der Waals surface area contributed by atoms with Crippen molar-refractivity contribution in [1.82, 2.24) is 4.90 Å². The van der Waals surface area contributed by atoms with Gasteiger partial charge in [0.1, 0.15) is 0 Å². The molecule has 19 heavy (non-hydrogen) atoms. The van der Waals surface area contributed by atoms with Crippen molar-refractivity contribution in [2.45, 2.75) is 26.0 Å². The molecule has 104 valence electrons. The first-order chi connectivity index (χ1) is 9.02. The van der Waals surface area contributed by atoms with E-state index < -0.39 is 0 Å². The van der Waals surface area contributed by atoms with E-state index in [4.69, 9.17) is 9.47 Å².